The first-order valence-electron chi connectivity index (χ1n) is 8.96. The maximum absolute atomic E-state index is 13.0. The van der Waals surface area contributed by atoms with E-state index in [2.05, 4.69) is 12.1 Å². The summed E-state index contributed by atoms with van der Waals surface area (Å²) in [6, 6.07) is 14.5. The molecule has 2 aromatic rings. The van der Waals surface area contributed by atoms with Crippen LogP contribution in [0.3, 0.4) is 0 Å². The number of hydrogen-bond donors (Lipinski definition) is 0. The van der Waals surface area contributed by atoms with Crippen molar-refractivity contribution in [2.45, 2.75) is 30.1 Å². The minimum atomic E-state index is -0.254. The maximum atomic E-state index is 13.0. The van der Waals surface area contributed by atoms with Crippen molar-refractivity contribution in [1.82, 2.24) is 4.90 Å². The van der Waals surface area contributed by atoms with E-state index in [1.807, 2.05) is 17.0 Å². The first-order chi connectivity index (χ1) is 12.7. The van der Waals surface area contributed by atoms with Crippen molar-refractivity contribution in [3.63, 3.8) is 0 Å². The van der Waals surface area contributed by atoms with Gasteiger partial charge in [0.05, 0.1) is 12.9 Å². The topological polar surface area (TPSA) is 29.5 Å². The van der Waals surface area contributed by atoms with Crippen molar-refractivity contribution in [3.8, 4) is 5.75 Å². The number of hydrogen-bond acceptors (Lipinski definition) is 3. The standard InChI is InChI=1S/C21H24FNO2S/c1-25-19-9-5-16(6-10-19)17-4-2-3-13-23(14-17)21(24)15-26-20-11-7-18(22)8-12-20/h5-12,17H,2-4,13-15H2,1H3. The molecule has 0 N–H and O–H groups in total. The van der Waals surface area contributed by atoms with Crippen molar-refractivity contribution >= 4 is 17.7 Å². The minimum Gasteiger partial charge on any atom is -0.497 e. The molecule has 1 aliphatic rings. The van der Waals surface area contributed by atoms with Gasteiger partial charge in [-0.2, -0.15) is 0 Å². The van der Waals surface area contributed by atoms with Gasteiger partial charge in [0.1, 0.15) is 11.6 Å². The fourth-order valence-electron chi connectivity index (χ4n) is 3.28. The van der Waals surface area contributed by atoms with E-state index >= 15 is 0 Å². The number of halogens is 1. The van der Waals surface area contributed by atoms with Gasteiger partial charge in [-0.25, -0.2) is 4.39 Å². The molecule has 0 saturated carbocycles. The first kappa shape index (κ1) is 18.8. The van der Waals surface area contributed by atoms with Crippen LogP contribution in [0.2, 0.25) is 0 Å². The Balaban J connectivity index is 1.60. The zero-order valence-corrected chi connectivity index (χ0v) is 15.8. The SMILES string of the molecule is COc1ccc(C2CCCCN(C(=O)CSc3ccc(F)cc3)C2)cc1. The number of thioether (sulfide) groups is 1. The summed E-state index contributed by atoms with van der Waals surface area (Å²) in [6.45, 7) is 1.57. The van der Waals surface area contributed by atoms with E-state index < -0.39 is 0 Å². The van der Waals surface area contributed by atoms with Gasteiger partial charge >= 0.3 is 0 Å². The van der Waals surface area contributed by atoms with Gasteiger partial charge < -0.3 is 9.64 Å². The summed E-state index contributed by atoms with van der Waals surface area (Å²) < 4.78 is 18.2. The largest absolute Gasteiger partial charge is 0.497 e. The van der Waals surface area contributed by atoms with E-state index in [9.17, 15) is 9.18 Å². The van der Waals surface area contributed by atoms with Gasteiger partial charge in [-0.05, 0) is 54.8 Å². The normalized spacial score (nSPS) is 17.6. The van der Waals surface area contributed by atoms with Crippen LogP contribution in [-0.4, -0.2) is 36.8 Å². The van der Waals surface area contributed by atoms with Gasteiger partial charge in [-0.3, -0.25) is 4.79 Å². The molecule has 3 nitrogen and oxygen atoms in total. The van der Waals surface area contributed by atoms with E-state index in [0.29, 0.717) is 11.7 Å². The van der Waals surface area contributed by atoms with Crippen molar-refractivity contribution in [2.24, 2.45) is 0 Å². The fraction of sp³-hybridized carbons (Fsp3) is 0.381. The monoisotopic (exact) mass is 373 g/mol. The number of likely N-dealkylation sites (tertiary alicyclic amines) is 1. The summed E-state index contributed by atoms with van der Waals surface area (Å²) in [6.07, 6.45) is 3.27. The molecule has 1 atom stereocenters. The molecule has 26 heavy (non-hydrogen) atoms. The average Bonchev–Trinajstić information content (AvgIpc) is 2.94. The Bertz CT molecular complexity index is 718. The van der Waals surface area contributed by atoms with E-state index in [0.717, 1.165) is 43.0 Å². The molecular formula is C21H24FNO2S. The Morgan fingerprint density at radius 1 is 1.15 bits per heavy atom. The Kier molecular flexibility index (Phi) is 6.56. The van der Waals surface area contributed by atoms with Crippen LogP contribution in [0.5, 0.6) is 5.75 Å². The van der Waals surface area contributed by atoms with Crippen LogP contribution in [0.4, 0.5) is 4.39 Å². The second-order valence-electron chi connectivity index (χ2n) is 6.55. The van der Waals surface area contributed by atoms with Crippen molar-refractivity contribution in [2.75, 3.05) is 26.0 Å². The number of carbonyl (C=O) groups excluding carboxylic acids is 1. The molecule has 138 valence electrons. The summed E-state index contributed by atoms with van der Waals surface area (Å²) in [4.78, 5) is 15.6. The van der Waals surface area contributed by atoms with E-state index in [-0.39, 0.29) is 11.7 Å². The zero-order chi connectivity index (χ0) is 18.4. The predicted octanol–water partition coefficient (Wildman–Crippen LogP) is 4.72. The third-order valence-corrected chi connectivity index (χ3v) is 5.78. The molecule has 1 saturated heterocycles. The molecule has 1 amide bonds. The summed E-state index contributed by atoms with van der Waals surface area (Å²) in [5.74, 6) is 1.51. The van der Waals surface area contributed by atoms with Gasteiger partial charge in [0.15, 0.2) is 0 Å². The van der Waals surface area contributed by atoms with Crippen molar-refractivity contribution in [1.29, 1.82) is 0 Å². The molecule has 1 fully saturated rings. The van der Waals surface area contributed by atoms with Crippen LogP contribution in [0.15, 0.2) is 53.4 Å². The highest BCUT2D eigenvalue weighted by Gasteiger charge is 2.23. The maximum Gasteiger partial charge on any atom is 0.232 e. The third-order valence-electron chi connectivity index (χ3n) is 4.79. The minimum absolute atomic E-state index is 0.153. The van der Waals surface area contributed by atoms with Crippen molar-refractivity contribution in [3.05, 3.63) is 59.9 Å². The molecule has 1 heterocycles. The number of ether oxygens (including phenoxy) is 1. The fourth-order valence-corrected chi connectivity index (χ4v) is 4.09. The Morgan fingerprint density at radius 3 is 2.58 bits per heavy atom. The van der Waals surface area contributed by atoms with Gasteiger partial charge in [0.25, 0.3) is 0 Å². The quantitative estimate of drug-likeness (QED) is 0.710. The van der Waals surface area contributed by atoms with E-state index in [4.69, 9.17) is 4.74 Å². The van der Waals surface area contributed by atoms with Crippen LogP contribution in [0.1, 0.15) is 30.7 Å². The Morgan fingerprint density at radius 2 is 1.88 bits per heavy atom. The number of rotatable bonds is 5. The second kappa shape index (κ2) is 9.08. The summed E-state index contributed by atoms with van der Waals surface area (Å²) >= 11 is 1.47. The molecule has 0 aliphatic carbocycles. The number of methoxy groups -OCH3 is 1. The number of nitrogens with zero attached hydrogens (tertiary/aromatic N) is 1. The summed E-state index contributed by atoms with van der Waals surface area (Å²) in [5.41, 5.74) is 1.26. The lowest BCUT2D eigenvalue weighted by Crippen LogP contribution is -2.35. The molecule has 1 unspecified atom stereocenters. The van der Waals surface area contributed by atoms with Gasteiger partial charge in [-0.1, -0.05) is 18.6 Å². The number of amides is 1. The average molecular weight is 373 g/mol. The molecule has 0 aromatic heterocycles. The highest BCUT2D eigenvalue weighted by atomic mass is 32.2. The first-order valence-corrected chi connectivity index (χ1v) is 9.94. The van der Waals surface area contributed by atoms with Crippen LogP contribution in [0, 0.1) is 5.82 Å². The lowest BCUT2D eigenvalue weighted by molar-refractivity contribution is -0.128. The molecule has 1 aliphatic heterocycles. The lowest BCUT2D eigenvalue weighted by atomic mass is 9.94. The van der Waals surface area contributed by atoms with Gasteiger partial charge in [0.2, 0.25) is 5.91 Å². The molecule has 3 rings (SSSR count). The van der Waals surface area contributed by atoms with Crippen LogP contribution in [-0.2, 0) is 4.79 Å². The molecule has 0 bridgehead atoms. The molecule has 0 spiro atoms. The highest BCUT2D eigenvalue weighted by molar-refractivity contribution is 8.00. The Hall–Kier alpha value is -2.01. The molecule has 0 radical (unpaired) electrons. The van der Waals surface area contributed by atoms with Crippen LogP contribution >= 0.6 is 11.8 Å². The van der Waals surface area contributed by atoms with Crippen LogP contribution in [0.25, 0.3) is 0 Å². The molecule has 2 aromatic carbocycles. The number of benzene rings is 2. The van der Waals surface area contributed by atoms with Crippen LogP contribution < -0.4 is 4.74 Å². The zero-order valence-electron chi connectivity index (χ0n) is 15.0. The van der Waals surface area contributed by atoms with E-state index in [1.54, 1.807) is 19.2 Å². The smallest absolute Gasteiger partial charge is 0.232 e. The molecular weight excluding hydrogens is 349 g/mol. The Labute approximate surface area is 158 Å². The van der Waals surface area contributed by atoms with Gasteiger partial charge in [-0.15, -0.1) is 11.8 Å². The second-order valence-corrected chi connectivity index (χ2v) is 7.60. The summed E-state index contributed by atoms with van der Waals surface area (Å²) in [5, 5.41) is 0. The van der Waals surface area contributed by atoms with Gasteiger partial charge in [0, 0.05) is 23.9 Å². The summed E-state index contributed by atoms with van der Waals surface area (Å²) in [7, 11) is 1.67. The van der Waals surface area contributed by atoms with Crippen molar-refractivity contribution < 1.29 is 13.9 Å². The molecule has 5 heteroatoms. The predicted molar refractivity (Wildman–Crippen MR) is 103 cm³/mol. The van der Waals surface area contributed by atoms with E-state index in [1.165, 1.54) is 29.5 Å². The highest BCUT2D eigenvalue weighted by Crippen LogP contribution is 2.28. The number of carbonyl (C=O) groups is 1. The third kappa shape index (κ3) is 5.01. The lowest BCUT2D eigenvalue weighted by Gasteiger charge is -2.25.